The van der Waals surface area contributed by atoms with Crippen LogP contribution >= 0.6 is 0 Å². The lowest BCUT2D eigenvalue weighted by Crippen LogP contribution is -2.38. The Hall–Kier alpha value is -4.07. The van der Waals surface area contributed by atoms with Crippen molar-refractivity contribution in [3.8, 4) is 17.2 Å². The standard InChI is InChI=1S/C26H27N3O5/c1-4-31-23-16-19(15-21-25(27)29-24(28-26(21)30)14-18(3)34-29)9-10-22(23)33-12-6-11-32-20-8-5-7-17(2)13-20/h5,7-10,13-16,27H,4,6,11-12H2,1-3H3/b21-15-,27-25?. The van der Waals surface area contributed by atoms with Gasteiger partial charge >= 0.3 is 0 Å². The van der Waals surface area contributed by atoms with E-state index in [2.05, 4.69) is 4.99 Å². The summed E-state index contributed by atoms with van der Waals surface area (Å²) in [5, 5.41) is 9.59. The van der Waals surface area contributed by atoms with E-state index < -0.39 is 5.91 Å². The summed E-state index contributed by atoms with van der Waals surface area (Å²) >= 11 is 0. The van der Waals surface area contributed by atoms with Crippen LogP contribution in [0.15, 0.2) is 64.9 Å². The van der Waals surface area contributed by atoms with Crippen LogP contribution in [0.4, 0.5) is 0 Å². The minimum Gasteiger partial charge on any atom is -0.493 e. The topological polar surface area (TPSA) is 93.4 Å². The minimum absolute atomic E-state index is 0.0602. The summed E-state index contributed by atoms with van der Waals surface area (Å²) in [6.45, 7) is 7.12. The Bertz CT molecular complexity index is 1200. The van der Waals surface area contributed by atoms with Gasteiger partial charge in [-0.3, -0.25) is 10.2 Å². The fraction of sp³-hybridized carbons (Fsp3) is 0.269. The number of ether oxygens (including phenoxy) is 3. The number of aliphatic imine (C=N–C) groups is 1. The summed E-state index contributed by atoms with van der Waals surface area (Å²) in [6, 6.07) is 13.3. The van der Waals surface area contributed by atoms with Gasteiger partial charge in [0, 0.05) is 12.5 Å². The molecule has 2 aromatic carbocycles. The van der Waals surface area contributed by atoms with Crippen molar-refractivity contribution in [2.75, 3.05) is 19.8 Å². The van der Waals surface area contributed by atoms with Gasteiger partial charge in [0.25, 0.3) is 5.91 Å². The Morgan fingerprint density at radius 3 is 2.68 bits per heavy atom. The van der Waals surface area contributed by atoms with Gasteiger partial charge in [-0.25, -0.2) is 0 Å². The summed E-state index contributed by atoms with van der Waals surface area (Å²) in [6.07, 6.45) is 3.93. The first-order valence-corrected chi connectivity index (χ1v) is 11.1. The van der Waals surface area contributed by atoms with Gasteiger partial charge < -0.3 is 19.0 Å². The number of hydrogen-bond acceptors (Lipinski definition) is 6. The molecule has 0 unspecified atom stereocenters. The highest BCUT2D eigenvalue weighted by atomic mass is 16.7. The van der Waals surface area contributed by atoms with Gasteiger partial charge in [-0.05, 0) is 62.2 Å². The van der Waals surface area contributed by atoms with Crippen LogP contribution < -0.4 is 14.2 Å². The molecule has 0 aliphatic carbocycles. The SMILES string of the molecule is CCOc1cc(/C=C2/C(=N)N3OC(C)=CC3=NC2=O)ccc1OCCCOc1cccc(C)c1. The molecule has 0 atom stereocenters. The lowest BCUT2D eigenvalue weighted by molar-refractivity contribution is -0.114. The molecule has 2 aliphatic rings. The third-order valence-corrected chi connectivity index (χ3v) is 5.06. The maximum atomic E-state index is 12.5. The average molecular weight is 462 g/mol. The molecule has 1 N–H and O–H groups in total. The highest BCUT2D eigenvalue weighted by Crippen LogP contribution is 2.31. The first-order chi connectivity index (χ1) is 16.4. The van der Waals surface area contributed by atoms with E-state index >= 15 is 0 Å². The maximum Gasteiger partial charge on any atom is 0.282 e. The Labute approximate surface area is 198 Å². The highest BCUT2D eigenvalue weighted by Gasteiger charge is 2.34. The quantitative estimate of drug-likeness (QED) is 0.430. The number of aryl methyl sites for hydroxylation is 1. The van der Waals surface area contributed by atoms with Gasteiger partial charge in [-0.15, -0.1) is 5.06 Å². The van der Waals surface area contributed by atoms with E-state index in [9.17, 15) is 4.79 Å². The highest BCUT2D eigenvalue weighted by molar-refractivity contribution is 6.32. The van der Waals surface area contributed by atoms with E-state index in [1.54, 1.807) is 31.2 Å². The van der Waals surface area contributed by atoms with Crippen molar-refractivity contribution >= 4 is 23.7 Å². The minimum atomic E-state index is -0.488. The predicted molar refractivity (Wildman–Crippen MR) is 129 cm³/mol. The number of benzene rings is 2. The van der Waals surface area contributed by atoms with Gasteiger partial charge in [0.15, 0.2) is 23.2 Å². The van der Waals surface area contributed by atoms with Gasteiger partial charge in [0.05, 0.1) is 25.4 Å². The molecule has 34 heavy (non-hydrogen) atoms. The summed E-state index contributed by atoms with van der Waals surface area (Å²) in [7, 11) is 0. The van der Waals surface area contributed by atoms with Crippen molar-refractivity contribution in [3.63, 3.8) is 0 Å². The first-order valence-electron chi connectivity index (χ1n) is 11.1. The second-order valence-electron chi connectivity index (χ2n) is 7.83. The molecule has 176 valence electrons. The van der Waals surface area contributed by atoms with Crippen LogP contribution in [0, 0.1) is 12.3 Å². The monoisotopic (exact) mass is 461 g/mol. The lowest BCUT2D eigenvalue weighted by atomic mass is 10.1. The number of nitrogens with zero attached hydrogens (tertiary/aromatic N) is 2. The third kappa shape index (κ3) is 5.28. The zero-order valence-electron chi connectivity index (χ0n) is 19.5. The van der Waals surface area contributed by atoms with Crippen molar-refractivity contribution in [2.45, 2.75) is 27.2 Å². The molecule has 2 heterocycles. The van der Waals surface area contributed by atoms with Crippen molar-refractivity contribution in [1.82, 2.24) is 5.06 Å². The Balaban J connectivity index is 1.40. The number of carbonyl (C=O) groups is 1. The lowest BCUT2D eigenvalue weighted by Gasteiger charge is -2.23. The number of carbonyl (C=O) groups excluding carboxylic acids is 1. The number of amides is 1. The van der Waals surface area contributed by atoms with Gasteiger partial charge in [-0.2, -0.15) is 4.99 Å². The third-order valence-electron chi connectivity index (χ3n) is 5.06. The fourth-order valence-corrected chi connectivity index (χ4v) is 3.51. The van der Waals surface area contributed by atoms with Gasteiger partial charge in [0.1, 0.15) is 11.5 Å². The van der Waals surface area contributed by atoms with Crippen molar-refractivity contribution in [3.05, 3.63) is 71.0 Å². The van der Waals surface area contributed by atoms with Crippen LogP contribution in [-0.4, -0.2) is 42.5 Å². The second kappa shape index (κ2) is 10.2. The average Bonchev–Trinajstić information content (AvgIpc) is 3.18. The summed E-state index contributed by atoms with van der Waals surface area (Å²) in [5.74, 6) is 2.35. The van der Waals surface area contributed by atoms with E-state index in [0.717, 1.165) is 11.3 Å². The predicted octanol–water partition coefficient (Wildman–Crippen LogP) is 4.69. The second-order valence-corrected chi connectivity index (χ2v) is 7.83. The molecular formula is C26H27N3O5. The molecule has 0 bridgehead atoms. The molecule has 1 amide bonds. The van der Waals surface area contributed by atoms with Crippen LogP contribution in [-0.2, 0) is 9.63 Å². The van der Waals surface area contributed by atoms with Gasteiger partial charge in [-0.1, -0.05) is 18.2 Å². The molecule has 8 heteroatoms. The number of rotatable bonds is 9. The number of amidine groups is 2. The number of fused-ring (bicyclic) bond motifs is 1. The zero-order valence-corrected chi connectivity index (χ0v) is 19.5. The van der Waals surface area contributed by atoms with E-state index in [0.29, 0.717) is 54.9 Å². The first kappa shape index (κ1) is 23.1. The molecule has 0 fully saturated rings. The zero-order chi connectivity index (χ0) is 24.1. The van der Waals surface area contributed by atoms with Crippen molar-refractivity contribution < 1.29 is 23.8 Å². The normalized spacial score (nSPS) is 16.1. The van der Waals surface area contributed by atoms with E-state index in [-0.39, 0.29) is 11.4 Å². The van der Waals surface area contributed by atoms with Crippen LogP contribution in [0.3, 0.4) is 0 Å². The maximum absolute atomic E-state index is 12.5. The largest absolute Gasteiger partial charge is 0.493 e. The summed E-state index contributed by atoms with van der Waals surface area (Å²) < 4.78 is 17.4. The van der Waals surface area contributed by atoms with Crippen LogP contribution in [0.2, 0.25) is 0 Å². The fourth-order valence-electron chi connectivity index (χ4n) is 3.51. The molecule has 4 rings (SSSR count). The Morgan fingerprint density at radius 1 is 1.06 bits per heavy atom. The number of nitrogens with one attached hydrogen (secondary N) is 1. The van der Waals surface area contributed by atoms with E-state index in [1.807, 2.05) is 44.2 Å². The molecule has 2 aliphatic heterocycles. The molecule has 8 nitrogen and oxygen atoms in total. The number of hydroxylamine groups is 2. The summed E-state index contributed by atoms with van der Waals surface area (Å²) in [5.41, 5.74) is 1.98. The Morgan fingerprint density at radius 2 is 1.88 bits per heavy atom. The number of allylic oxidation sites excluding steroid dienone is 1. The molecule has 0 aromatic heterocycles. The van der Waals surface area contributed by atoms with Crippen LogP contribution in [0.5, 0.6) is 17.2 Å². The Kier molecular flexibility index (Phi) is 6.96. The number of hydrogen-bond donors (Lipinski definition) is 1. The van der Waals surface area contributed by atoms with E-state index in [4.69, 9.17) is 24.5 Å². The van der Waals surface area contributed by atoms with Gasteiger partial charge in [0.2, 0.25) is 0 Å². The van der Waals surface area contributed by atoms with Crippen LogP contribution in [0.25, 0.3) is 6.08 Å². The molecule has 0 spiro atoms. The van der Waals surface area contributed by atoms with Crippen molar-refractivity contribution in [1.29, 1.82) is 5.41 Å². The molecule has 0 saturated heterocycles. The smallest absolute Gasteiger partial charge is 0.282 e. The van der Waals surface area contributed by atoms with Crippen LogP contribution in [0.1, 0.15) is 31.4 Å². The molecule has 2 aromatic rings. The van der Waals surface area contributed by atoms with E-state index in [1.165, 1.54) is 5.06 Å². The molecule has 0 radical (unpaired) electrons. The molecular weight excluding hydrogens is 434 g/mol. The molecule has 0 saturated carbocycles. The summed E-state index contributed by atoms with van der Waals surface area (Å²) in [4.78, 5) is 22.0. The van der Waals surface area contributed by atoms with Crippen molar-refractivity contribution in [2.24, 2.45) is 4.99 Å².